The molecule has 1 aliphatic heterocycles. The molecule has 1 saturated heterocycles. The topological polar surface area (TPSA) is 30.9 Å². The van der Waals surface area contributed by atoms with Gasteiger partial charge in [0.2, 0.25) is 0 Å². The number of hydrogen-bond acceptors (Lipinski definition) is 2. The highest BCUT2D eigenvalue weighted by molar-refractivity contribution is 5.79. The van der Waals surface area contributed by atoms with Gasteiger partial charge in [-0.2, -0.15) is 0 Å². The Balaban J connectivity index is 2.18. The number of guanidine groups is 1. The summed E-state index contributed by atoms with van der Waals surface area (Å²) in [6, 6.07) is 0. The van der Waals surface area contributed by atoms with E-state index < -0.39 is 0 Å². The van der Waals surface area contributed by atoms with Gasteiger partial charge in [0.15, 0.2) is 5.96 Å². The molecule has 0 saturated carbocycles. The van der Waals surface area contributed by atoms with Crippen LogP contribution < -0.4 is 5.32 Å². The van der Waals surface area contributed by atoms with E-state index in [1.807, 2.05) is 13.1 Å². The zero-order chi connectivity index (χ0) is 14.8. The van der Waals surface area contributed by atoms with E-state index in [-0.39, 0.29) is 0 Å². The molecule has 0 amide bonds. The van der Waals surface area contributed by atoms with Crippen LogP contribution in [0.2, 0.25) is 0 Å². The molecule has 0 spiro atoms. The van der Waals surface area contributed by atoms with Crippen molar-refractivity contribution in [2.24, 2.45) is 10.9 Å². The lowest BCUT2D eigenvalue weighted by molar-refractivity contribution is 0.390. The van der Waals surface area contributed by atoms with E-state index in [2.05, 4.69) is 40.8 Å². The van der Waals surface area contributed by atoms with Crippen molar-refractivity contribution < 1.29 is 0 Å². The highest BCUT2D eigenvalue weighted by Crippen LogP contribution is 2.12. The van der Waals surface area contributed by atoms with Gasteiger partial charge in [0.1, 0.15) is 0 Å². The number of aliphatic imine (C=N–C) groups is 1. The maximum Gasteiger partial charge on any atom is 0.193 e. The number of likely N-dealkylation sites (tertiary alicyclic amines) is 1. The van der Waals surface area contributed by atoms with Crippen molar-refractivity contribution in [1.29, 1.82) is 0 Å². The molecule has 1 unspecified atom stereocenters. The van der Waals surface area contributed by atoms with Crippen molar-refractivity contribution in [3.05, 3.63) is 12.7 Å². The van der Waals surface area contributed by atoms with E-state index >= 15 is 0 Å². The van der Waals surface area contributed by atoms with Crippen LogP contribution in [0.4, 0.5) is 0 Å². The summed E-state index contributed by atoms with van der Waals surface area (Å²) in [6.07, 6.45) is 8.16. The molecule has 1 heterocycles. The van der Waals surface area contributed by atoms with E-state index in [4.69, 9.17) is 0 Å². The van der Waals surface area contributed by atoms with Crippen LogP contribution in [0.1, 0.15) is 32.1 Å². The second-order valence-corrected chi connectivity index (χ2v) is 5.90. The van der Waals surface area contributed by atoms with Gasteiger partial charge < -0.3 is 15.1 Å². The summed E-state index contributed by atoms with van der Waals surface area (Å²) in [7, 11) is 6.20. The number of allylic oxidation sites excluding steroid dienone is 1. The molecule has 0 aliphatic carbocycles. The minimum atomic E-state index is 0.762. The Morgan fingerprint density at radius 1 is 1.45 bits per heavy atom. The highest BCUT2D eigenvalue weighted by atomic mass is 15.3. The molecule has 0 aromatic carbocycles. The molecule has 0 aromatic heterocycles. The third kappa shape index (κ3) is 6.42. The summed E-state index contributed by atoms with van der Waals surface area (Å²) in [5, 5.41) is 3.52. The summed E-state index contributed by atoms with van der Waals surface area (Å²) in [4.78, 5) is 9.03. The number of hydrogen-bond donors (Lipinski definition) is 1. The molecule has 0 aromatic rings. The van der Waals surface area contributed by atoms with E-state index in [9.17, 15) is 0 Å². The van der Waals surface area contributed by atoms with Gasteiger partial charge in [-0.25, -0.2) is 0 Å². The van der Waals surface area contributed by atoms with Gasteiger partial charge in [0.25, 0.3) is 0 Å². The molecule has 116 valence electrons. The van der Waals surface area contributed by atoms with Gasteiger partial charge in [0, 0.05) is 33.7 Å². The smallest absolute Gasteiger partial charge is 0.193 e. The SMILES string of the molecule is C=CCCCCCN(C)C(=NC)NCC1CCN(C)C1. The molecular weight excluding hydrogens is 248 g/mol. The first kappa shape index (κ1) is 17.0. The fourth-order valence-electron chi connectivity index (χ4n) is 2.73. The van der Waals surface area contributed by atoms with Crippen LogP contribution >= 0.6 is 0 Å². The van der Waals surface area contributed by atoms with Crippen molar-refractivity contribution in [2.45, 2.75) is 32.1 Å². The van der Waals surface area contributed by atoms with Crippen molar-refractivity contribution in [1.82, 2.24) is 15.1 Å². The Morgan fingerprint density at radius 3 is 2.85 bits per heavy atom. The molecule has 0 bridgehead atoms. The van der Waals surface area contributed by atoms with E-state index in [0.29, 0.717) is 0 Å². The van der Waals surface area contributed by atoms with Gasteiger partial charge in [-0.15, -0.1) is 6.58 Å². The first-order chi connectivity index (χ1) is 9.67. The van der Waals surface area contributed by atoms with E-state index in [1.165, 1.54) is 38.8 Å². The van der Waals surface area contributed by atoms with Gasteiger partial charge in [-0.05, 0) is 45.2 Å². The zero-order valence-corrected chi connectivity index (χ0v) is 13.6. The third-order valence-corrected chi connectivity index (χ3v) is 4.01. The fourth-order valence-corrected chi connectivity index (χ4v) is 2.73. The normalized spacial score (nSPS) is 20.1. The first-order valence-corrected chi connectivity index (χ1v) is 7.88. The molecule has 4 heteroatoms. The summed E-state index contributed by atoms with van der Waals surface area (Å²) in [5.41, 5.74) is 0. The minimum Gasteiger partial charge on any atom is -0.356 e. The molecule has 1 aliphatic rings. The molecule has 1 rings (SSSR count). The predicted molar refractivity (Wildman–Crippen MR) is 88.3 cm³/mol. The minimum absolute atomic E-state index is 0.762. The number of nitrogens with zero attached hydrogens (tertiary/aromatic N) is 3. The molecule has 1 fully saturated rings. The van der Waals surface area contributed by atoms with Gasteiger partial charge in [-0.3, -0.25) is 4.99 Å². The molecule has 1 N–H and O–H groups in total. The number of rotatable bonds is 8. The third-order valence-electron chi connectivity index (χ3n) is 4.01. The summed E-state index contributed by atoms with van der Waals surface area (Å²) in [5.74, 6) is 1.79. The second kappa shape index (κ2) is 9.81. The standard InChI is InChI=1S/C16H32N4/c1-5-6-7-8-9-11-20(4)16(17-2)18-13-15-10-12-19(3)14-15/h5,15H,1,6-14H2,2-4H3,(H,17,18). The van der Waals surface area contributed by atoms with Crippen LogP contribution in [0.5, 0.6) is 0 Å². The highest BCUT2D eigenvalue weighted by Gasteiger charge is 2.19. The van der Waals surface area contributed by atoms with Crippen molar-refractivity contribution in [3.8, 4) is 0 Å². The van der Waals surface area contributed by atoms with Crippen LogP contribution in [-0.2, 0) is 0 Å². The van der Waals surface area contributed by atoms with E-state index in [1.54, 1.807) is 0 Å². The molecule has 1 atom stereocenters. The number of unbranched alkanes of at least 4 members (excludes halogenated alkanes) is 3. The van der Waals surface area contributed by atoms with Crippen molar-refractivity contribution in [2.75, 3.05) is 47.3 Å². The summed E-state index contributed by atoms with van der Waals surface area (Å²) < 4.78 is 0. The molecule has 20 heavy (non-hydrogen) atoms. The van der Waals surface area contributed by atoms with Crippen LogP contribution in [0.15, 0.2) is 17.6 Å². The van der Waals surface area contributed by atoms with Crippen LogP contribution in [0, 0.1) is 5.92 Å². The quantitative estimate of drug-likeness (QED) is 0.320. The lowest BCUT2D eigenvalue weighted by atomic mass is 10.1. The Morgan fingerprint density at radius 2 is 2.25 bits per heavy atom. The van der Waals surface area contributed by atoms with Crippen LogP contribution in [0.25, 0.3) is 0 Å². The first-order valence-electron chi connectivity index (χ1n) is 7.88. The Hall–Kier alpha value is -1.03. The fraction of sp³-hybridized carbons (Fsp3) is 0.812. The van der Waals surface area contributed by atoms with E-state index in [0.717, 1.165) is 31.4 Å². The largest absolute Gasteiger partial charge is 0.356 e. The lowest BCUT2D eigenvalue weighted by Crippen LogP contribution is -2.41. The van der Waals surface area contributed by atoms with Gasteiger partial charge in [0.05, 0.1) is 0 Å². The zero-order valence-electron chi connectivity index (χ0n) is 13.6. The molecular formula is C16H32N4. The maximum absolute atomic E-state index is 4.38. The van der Waals surface area contributed by atoms with Gasteiger partial charge >= 0.3 is 0 Å². The number of nitrogens with one attached hydrogen (secondary N) is 1. The van der Waals surface area contributed by atoms with Crippen molar-refractivity contribution >= 4 is 5.96 Å². The Bertz CT molecular complexity index is 301. The molecule has 0 radical (unpaired) electrons. The maximum atomic E-state index is 4.38. The van der Waals surface area contributed by atoms with Gasteiger partial charge in [-0.1, -0.05) is 12.5 Å². The monoisotopic (exact) mass is 280 g/mol. The average molecular weight is 280 g/mol. The molecule has 4 nitrogen and oxygen atoms in total. The second-order valence-electron chi connectivity index (χ2n) is 5.90. The summed E-state index contributed by atoms with van der Waals surface area (Å²) >= 11 is 0. The average Bonchev–Trinajstić information content (AvgIpc) is 2.85. The Labute approximate surface area is 124 Å². The Kier molecular flexibility index (Phi) is 8.35. The summed E-state index contributed by atoms with van der Waals surface area (Å²) in [6.45, 7) is 8.30. The lowest BCUT2D eigenvalue weighted by Gasteiger charge is -2.23. The van der Waals surface area contributed by atoms with Crippen molar-refractivity contribution in [3.63, 3.8) is 0 Å². The predicted octanol–water partition coefficient (Wildman–Crippen LogP) is 2.19. The van der Waals surface area contributed by atoms with Crippen LogP contribution in [-0.4, -0.2) is 63.1 Å². The van der Waals surface area contributed by atoms with Crippen LogP contribution in [0.3, 0.4) is 0 Å².